The van der Waals surface area contributed by atoms with E-state index in [1.54, 1.807) is 6.20 Å². The molecule has 0 radical (unpaired) electrons. The molecule has 1 aromatic heterocycles. The maximum atomic E-state index is 11.8. The third kappa shape index (κ3) is 5.48. The largest absolute Gasteiger partial charge is 0.444 e. The Hall–Kier alpha value is -2.57. The average molecular weight is 374 g/mol. The normalized spacial score (nSPS) is 10.3. The Kier molecular flexibility index (Phi) is 5.87. The zero-order valence-corrected chi connectivity index (χ0v) is 14.8. The molecule has 7 heteroatoms. The maximum Gasteiger partial charge on any atom is 0.411 e. The van der Waals surface area contributed by atoms with E-state index >= 15 is 0 Å². The number of hydrogen-bond acceptors (Lipinski definition) is 5. The number of amides is 1. The highest BCUT2D eigenvalue weighted by Crippen LogP contribution is 2.20. The van der Waals surface area contributed by atoms with Crippen molar-refractivity contribution in [2.45, 2.75) is 13.2 Å². The molecule has 0 bridgehead atoms. The molecule has 0 saturated carbocycles. The van der Waals surface area contributed by atoms with Crippen molar-refractivity contribution < 1.29 is 9.53 Å². The van der Waals surface area contributed by atoms with E-state index in [4.69, 9.17) is 16.3 Å². The van der Waals surface area contributed by atoms with Crippen molar-refractivity contribution in [3.05, 3.63) is 75.7 Å². The Bertz CT molecular complexity index is 822. The van der Waals surface area contributed by atoms with Crippen LogP contribution >= 0.6 is 22.9 Å². The quantitative estimate of drug-likeness (QED) is 0.626. The molecular formula is C18H16ClN3O2S. The van der Waals surface area contributed by atoms with Crippen molar-refractivity contribution in [2.24, 2.45) is 0 Å². The van der Waals surface area contributed by atoms with Crippen LogP contribution in [0.3, 0.4) is 0 Å². The Morgan fingerprint density at radius 1 is 1.08 bits per heavy atom. The summed E-state index contributed by atoms with van der Waals surface area (Å²) in [5.41, 5.74) is 2.55. The number of ether oxygens (including phenoxy) is 1. The van der Waals surface area contributed by atoms with Gasteiger partial charge in [0.1, 0.15) is 6.61 Å². The van der Waals surface area contributed by atoms with Crippen molar-refractivity contribution >= 4 is 40.4 Å². The number of aromatic nitrogens is 1. The lowest BCUT2D eigenvalue weighted by atomic mass is 10.2. The predicted octanol–water partition coefficient (Wildman–Crippen LogP) is 5.16. The summed E-state index contributed by atoms with van der Waals surface area (Å²) in [7, 11) is 0. The van der Waals surface area contributed by atoms with E-state index in [1.165, 1.54) is 11.3 Å². The van der Waals surface area contributed by atoms with Gasteiger partial charge in [0.25, 0.3) is 0 Å². The van der Waals surface area contributed by atoms with Crippen molar-refractivity contribution in [2.75, 3.05) is 10.6 Å². The second-order valence-corrected chi connectivity index (χ2v) is 6.89. The summed E-state index contributed by atoms with van der Waals surface area (Å²) in [6.45, 7) is 0.889. The van der Waals surface area contributed by atoms with Crippen LogP contribution in [0.2, 0.25) is 4.47 Å². The fourth-order valence-corrected chi connectivity index (χ4v) is 3.02. The molecule has 0 aliphatic heterocycles. The number of rotatable bonds is 6. The van der Waals surface area contributed by atoms with Crippen molar-refractivity contribution in [3.8, 4) is 0 Å². The van der Waals surface area contributed by atoms with Gasteiger partial charge in [-0.2, -0.15) is 0 Å². The lowest BCUT2D eigenvalue weighted by molar-refractivity contribution is 0.155. The Balaban J connectivity index is 1.46. The molecule has 0 aliphatic rings. The van der Waals surface area contributed by atoms with Crippen LogP contribution in [0.15, 0.2) is 60.8 Å². The van der Waals surface area contributed by atoms with Gasteiger partial charge in [-0.3, -0.25) is 5.32 Å². The molecule has 2 aromatic carbocycles. The zero-order chi connectivity index (χ0) is 17.5. The van der Waals surface area contributed by atoms with Crippen LogP contribution in [0.5, 0.6) is 0 Å². The molecule has 25 heavy (non-hydrogen) atoms. The molecule has 0 saturated heterocycles. The molecule has 5 nitrogen and oxygen atoms in total. The van der Waals surface area contributed by atoms with Gasteiger partial charge in [-0.1, -0.05) is 41.9 Å². The molecule has 3 rings (SSSR count). The van der Waals surface area contributed by atoms with Crippen molar-refractivity contribution in [1.82, 2.24) is 4.98 Å². The van der Waals surface area contributed by atoms with Gasteiger partial charge >= 0.3 is 6.09 Å². The van der Waals surface area contributed by atoms with Crippen molar-refractivity contribution in [3.63, 3.8) is 0 Å². The minimum Gasteiger partial charge on any atom is -0.444 e. The first-order valence-electron chi connectivity index (χ1n) is 7.61. The molecule has 2 N–H and O–H groups in total. The summed E-state index contributed by atoms with van der Waals surface area (Å²) in [6, 6.07) is 16.9. The molecule has 0 fully saturated rings. The third-order valence-corrected chi connectivity index (χ3v) is 4.45. The van der Waals surface area contributed by atoms with Gasteiger partial charge in [-0.05, 0) is 29.8 Å². The molecule has 0 unspecified atom stereocenters. The van der Waals surface area contributed by atoms with Gasteiger partial charge in [0.15, 0.2) is 4.47 Å². The predicted molar refractivity (Wildman–Crippen MR) is 101 cm³/mol. The Morgan fingerprint density at radius 3 is 2.48 bits per heavy atom. The first-order valence-corrected chi connectivity index (χ1v) is 8.80. The second kappa shape index (κ2) is 8.50. The topological polar surface area (TPSA) is 63.2 Å². The summed E-state index contributed by atoms with van der Waals surface area (Å²) in [4.78, 5) is 16.9. The molecular weight excluding hydrogens is 358 g/mol. The number of nitrogens with one attached hydrogen (secondary N) is 2. The number of halogens is 1. The number of carbonyl (C=O) groups is 1. The minimum absolute atomic E-state index is 0.240. The lowest BCUT2D eigenvalue weighted by Crippen LogP contribution is -2.13. The lowest BCUT2D eigenvalue weighted by Gasteiger charge is -2.09. The SMILES string of the molecule is O=C(Nc1ccc(NCc2cnc(Cl)s2)cc1)OCc1ccccc1. The van der Waals surface area contributed by atoms with E-state index in [-0.39, 0.29) is 6.61 Å². The molecule has 128 valence electrons. The average Bonchev–Trinajstić information content (AvgIpc) is 3.06. The number of anilines is 2. The third-order valence-electron chi connectivity index (χ3n) is 3.34. The van der Waals surface area contributed by atoms with E-state index in [9.17, 15) is 4.79 Å². The molecule has 3 aromatic rings. The van der Waals surface area contributed by atoms with E-state index in [0.29, 0.717) is 16.7 Å². The first-order chi connectivity index (χ1) is 12.2. The molecule has 1 heterocycles. The van der Waals surface area contributed by atoms with Crippen LogP contribution in [0.25, 0.3) is 0 Å². The van der Waals surface area contributed by atoms with Crippen LogP contribution in [-0.2, 0) is 17.9 Å². The Labute approximate surface area is 154 Å². The monoisotopic (exact) mass is 373 g/mol. The van der Waals surface area contributed by atoms with Gasteiger partial charge in [0.2, 0.25) is 0 Å². The number of nitrogens with zero attached hydrogens (tertiary/aromatic N) is 1. The second-order valence-electron chi connectivity index (χ2n) is 5.20. The fourth-order valence-electron chi connectivity index (χ4n) is 2.10. The van der Waals surface area contributed by atoms with E-state index in [1.807, 2.05) is 54.6 Å². The van der Waals surface area contributed by atoms with Crippen LogP contribution in [0.1, 0.15) is 10.4 Å². The van der Waals surface area contributed by atoms with Crippen LogP contribution in [0, 0.1) is 0 Å². The minimum atomic E-state index is -0.483. The zero-order valence-electron chi connectivity index (χ0n) is 13.2. The highest BCUT2D eigenvalue weighted by Gasteiger charge is 2.04. The molecule has 0 spiro atoms. The number of thiazole rings is 1. The van der Waals surface area contributed by atoms with E-state index < -0.39 is 6.09 Å². The van der Waals surface area contributed by atoms with Gasteiger partial charge in [-0.25, -0.2) is 9.78 Å². The summed E-state index contributed by atoms with van der Waals surface area (Å²) in [5.74, 6) is 0. The maximum absolute atomic E-state index is 11.8. The van der Waals surface area contributed by atoms with Gasteiger partial charge in [0.05, 0.1) is 6.54 Å². The highest BCUT2D eigenvalue weighted by atomic mass is 35.5. The number of carbonyl (C=O) groups excluding carboxylic acids is 1. The highest BCUT2D eigenvalue weighted by molar-refractivity contribution is 7.15. The van der Waals surface area contributed by atoms with E-state index in [0.717, 1.165) is 16.1 Å². The van der Waals surface area contributed by atoms with E-state index in [2.05, 4.69) is 15.6 Å². The number of hydrogen-bond donors (Lipinski definition) is 2. The summed E-state index contributed by atoms with van der Waals surface area (Å²) in [5, 5.41) is 5.97. The van der Waals surface area contributed by atoms with Crippen LogP contribution in [0.4, 0.5) is 16.2 Å². The Morgan fingerprint density at radius 2 is 1.80 bits per heavy atom. The standard InChI is InChI=1S/C18H16ClN3O2S/c19-17-21-11-16(25-17)10-20-14-6-8-15(9-7-14)22-18(23)24-12-13-4-2-1-3-5-13/h1-9,11,20H,10,12H2,(H,22,23). The fraction of sp³-hybridized carbons (Fsp3) is 0.111. The molecule has 0 atom stereocenters. The van der Waals surface area contributed by atoms with Gasteiger partial charge in [0, 0.05) is 22.4 Å². The summed E-state index contributed by atoms with van der Waals surface area (Å²) >= 11 is 7.24. The number of benzene rings is 2. The molecule has 0 aliphatic carbocycles. The summed E-state index contributed by atoms with van der Waals surface area (Å²) < 4.78 is 5.72. The van der Waals surface area contributed by atoms with Gasteiger partial charge < -0.3 is 10.1 Å². The smallest absolute Gasteiger partial charge is 0.411 e. The first kappa shape index (κ1) is 17.3. The molecule has 1 amide bonds. The van der Waals surface area contributed by atoms with Crippen molar-refractivity contribution in [1.29, 1.82) is 0 Å². The summed E-state index contributed by atoms with van der Waals surface area (Å²) in [6.07, 6.45) is 1.27. The van der Waals surface area contributed by atoms with Crippen LogP contribution in [-0.4, -0.2) is 11.1 Å². The van der Waals surface area contributed by atoms with Crippen LogP contribution < -0.4 is 10.6 Å². The van der Waals surface area contributed by atoms with Gasteiger partial charge in [-0.15, -0.1) is 11.3 Å².